The third kappa shape index (κ3) is 5.31. The van der Waals surface area contributed by atoms with Crippen molar-refractivity contribution >= 4 is 35.0 Å². The van der Waals surface area contributed by atoms with E-state index in [0.717, 1.165) is 36.0 Å². The first kappa shape index (κ1) is 20.4. The maximum atomic E-state index is 12.9. The van der Waals surface area contributed by atoms with E-state index in [-0.39, 0.29) is 10.6 Å². The van der Waals surface area contributed by atoms with Crippen LogP contribution in [0.4, 0.5) is 32.0 Å². The second-order valence-electron chi connectivity index (χ2n) is 5.02. The van der Waals surface area contributed by atoms with Crippen LogP contribution in [-0.2, 0) is 17.1 Å². The van der Waals surface area contributed by atoms with Crippen LogP contribution in [-0.4, -0.2) is 11.7 Å². The molecule has 0 aromatic heterocycles. The molecule has 26 heavy (non-hydrogen) atoms. The molecule has 140 valence electrons. The summed E-state index contributed by atoms with van der Waals surface area (Å²) in [6.07, 6.45) is -9.30. The van der Waals surface area contributed by atoms with Gasteiger partial charge in [-0.25, -0.2) is 0 Å². The Balaban J connectivity index is 2.07. The Kier molecular flexibility index (Phi) is 6.13. The average molecular weight is 414 g/mol. The topological polar surface area (TPSA) is 29.1 Å². The second-order valence-corrected chi connectivity index (χ2v) is 6.48. The summed E-state index contributed by atoms with van der Waals surface area (Å²) < 4.78 is 77.0. The molecule has 10 heteroatoms. The highest BCUT2D eigenvalue weighted by Gasteiger charge is 2.34. The summed E-state index contributed by atoms with van der Waals surface area (Å²) in [5.74, 6) is -1.15. The smallest absolute Gasteiger partial charge is 0.325 e. The van der Waals surface area contributed by atoms with Crippen LogP contribution in [0, 0.1) is 0 Å². The maximum absolute atomic E-state index is 12.9. The molecule has 0 aliphatic rings. The van der Waals surface area contributed by atoms with Gasteiger partial charge in [0.05, 0.1) is 27.6 Å². The first-order valence-electron chi connectivity index (χ1n) is 6.94. The molecule has 0 unspecified atom stereocenters. The van der Waals surface area contributed by atoms with Crippen LogP contribution >= 0.6 is 23.4 Å². The number of nitrogens with one attached hydrogen (secondary N) is 1. The zero-order valence-electron chi connectivity index (χ0n) is 12.7. The standard InChI is InChI=1S/C16H10ClF6NOS/c17-12-6-5-9(7-11(12)16(21,22)23)26-8-14(25)24-13-4-2-1-3-10(13)15(18,19)20/h1-7H,8H2,(H,24,25). The molecular weight excluding hydrogens is 404 g/mol. The Morgan fingerprint density at radius 2 is 1.58 bits per heavy atom. The molecule has 0 atom stereocenters. The Morgan fingerprint density at radius 3 is 2.19 bits per heavy atom. The quantitative estimate of drug-likeness (QED) is 0.484. The van der Waals surface area contributed by atoms with E-state index in [1.807, 2.05) is 0 Å². The van der Waals surface area contributed by atoms with E-state index >= 15 is 0 Å². The molecule has 1 N–H and O–H groups in total. The van der Waals surface area contributed by atoms with Crippen molar-refractivity contribution in [2.75, 3.05) is 11.1 Å². The minimum Gasteiger partial charge on any atom is -0.325 e. The van der Waals surface area contributed by atoms with E-state index in [1.165, 1.54) is 18.2 Å². The van der Waals surface area contributed by atoms with Crippen molar-refractivity contribution in [3.8, 4) is 0 Å². The van der Waals surface area contributed by atoms with E-state index in [9.17, 15) is 31.1 Å². The summed E-state index contributed by atoms with van der Waals surface area (Å²) >= 11 is 6.24. The summed E-state index contributed by atoms with van der Waals surface area (Å²) in [4.78, 5) is 12.0. The number of hydrogen-bond acceptors (Lipinski definition) is 2. The maximum Gasteiger partial charge on any atom is 0.418 e. The van der Waals surface area contributed by atoms with Crippen LogP contribution < -0.4 is 5.32 Å². The van der Waals surface area contributed by atoms with Crippen LogP contribution in [0.25, 0.3) is 0 Å². The lowest BCUT2D eigenvalue weighted by atomic mass is 10.1. The summed E-state index contributed by atoms with van der Waals surface area (Å²) in [5.41, 5.74) is -2.48. The van der Waals surface area contributed by atoms with Gasteiger partial charge in [0.25, 0.3) is 0 Å². The number of hydrogen-bond donors (Lipinski definition) is 1. The van der Waals surface area contributed by atoms with E-state index in [0.29, 0.717) is 0 Å². The Hall–Kier alpha value is -1.87. The summed E-state index contributed by atoms with van der Waals surface area (Å²) in [7, 11) is 0. The summed E-state index contributed by atoms with van der Waals surface area (Å²) in [5, 5.41) is 1.63. The monoisotopic (exact) mass is 413 g/mol. The number of thioether (sulfide) groups is 1. The highest BCUT2D eigenvalue weighted by molar-refractivity contribution is 8.00. The van der Waals surface area contributed by atoms with Crippen LogP contribution in [0.2, 0.25) is 5.02 Å². The van der Waals surface area contributed by atoms with Crippen molar-refractivity contribution in [2.24, 2.45) is 0 Å². The first-order chi connectivity index (χ1) is 12.0. The lowest BCUT2D eigenvalue weighted by Crippen LogP contribution is -2.18. The van der Waals surface area contributed by atoms with Crippen molar-refractivity contribution in [1.82, 2.24) is 0 Å². The van der Waals surface area contributed by atoms with Crippen LogP contribution in [0.3, 0.4) is 0 Å². The molecular formula is C16H10ClF6NOS. The average Bonchev–Trinajstić information content (AvgIpc) is 2.52. The van der Waals surface area contributed by atoms with Gasteiger partial charge in [-0.15, -0.1) is 11.8 Å². The number of benzene rings is 2. The normalized spacial score (nSPS) is 12.1. The number of amides is 1. The molecule has 0 heterocycles. The third-order valence-corrected chi connectivity index (χ3v) is 4.44. The highest BCUT2D eigenvalue weighted by Crippen LogP contribution is 2.37. The fourth-order valence-corrected chi connectivity index (χ4v) is 2.95. The zero-order valence-corrected chi connectivity index (χ0v) is 14.3. The van der Waals surface area contributed by atoms with E-state index in [2.05, 4.69) is 5.32 Å². The van der Waals surface area contributed by atoms with Crippen molar-refractivity contribution < 1.29 is 31.1 Å². The van der Waals surface area contributed by atoms with Crippen molar-refractivity contribution in [3.05, 3.63) is 58.6 Å². The SMILES string of the molecule is O=C(CSc1ccc(Cl)c(C(F)(F)F)c1)Nc1ccccc1C(F)(F)F. The fourth-order valence-electron chi connectivity index (χ4n) is 1.99. The van der Waals surface area contributed by atoms with Crippen molar-refractivity contribution in [1.29, 1.82) is 0 Å². The van der Waals surface area contributed by atoms with Crippen molar-refractivity contribution in [2.45, 2.75) is 17.2 Å². The Bertz CT molecular complexity index is 806. The van der Waals surface area contributed by atoms with Crippen LogP contribution in [0.15, 0.2) is 47.4 Å². The second kappa shape index (κ2) is 7.79. The Labute approximate surface area is 153 Å². The lowest BCUT2D eigenvalue weighted by molar-refractivity contribution is -0.138. The number of anilines is 1. The van der Waals surface area contributed by atoms with E-state index in [1.54, 1.807) is 0 Å². The van der Waals surface area contributed by atoms with Gasteiger partial charge in [-0.05, 0) is 30.3 Å². The fraction of sp³-hybridized carbons (Fsp3) is 0.188. The molecule has 0 bridgehead atoms. The van der Waals surface area contributed by atoms with Gasteiger partial charge >= 0.3 is 12.4 Å². The van der Waals surface area contributed by atoms with E-state index < -0.39 is 40.1 Å². The largest absolute Gasteiger partial charge is 0.418 e. The number of para-hydroxylation sites is 1. The molecule has 0 aliphatic heterocycles. The van der Waals surface area contributed by atoms with Gasteiger partial charge < -0.3 is 5.32 Å². The van der Waals surface area contributed by atoms with Gasteiger partial charge in [-0.2, -0.15) is 26.3 Å². The lowest BCUT2D eigenvalue weighted by Gasteiger charge is -2.13. The van der Waals surface area contributed by atoms with Gasteiger partial charge in [0.15, 0.2) is 0 Å². The van der Waals surface area contributed by atoms with Crippen LogP contribution in [0.5, 0.6) is 0 Å². The van der Waals surface area contributed by atoms with Crippen molar-refractivity contribution in [3.63, 3.8) is 0 Å². The first-order valence-corrected chi connectivity index (χ1v) is 8.30. The number of carbonyl (C=O) groups is 1. The Morgan fingerprint density at radius 1 is 0.962 bits per heavy atom. The molecule has 0 aliphatic carbocycles. The summed E-state index contributed by atoms with van der Waals surface area (Å²) in [6, 6.07) is 7.53. The molecule has 2 rings (SSSR count). The molecule has 1 amide bonds. The third-order valence-electron chi connectivity index (χ3n) is 3.12. The minimum atomic E-state index is -4.65. The molecule has 2 aromatic rings. The van der Waals surface area contributed by atoms with Gasteiger partial charge in [0.2, 0.25) is 5.91 Å². The number of alkyl halides is 6. The number of rotatable bonds is 4. The van der Waals surface area contributed by atoms with Gasteiger partial charge in [0, 0.05) is 4.90 Å². The molecule has 0 fully saturated rings. The number of halogens is 7. The minimum absolute atomic E-state index is 0.112. The number of carbonyl (C=O) groups excluding carboxylic acids is 1. The van der Waals surface area contributed by atoms with Gasteiger partial charge in [-0.3, -0.25) is 4.79 Å². The molecule has 0 radical (unpaired) electrons. The molecule has 0 spiro atoms. The van der Waals surface area contributed by atoms with Gasteiger partial charge in [-0.1, -0.05) is 23.7 Å². The highest BCUT2D eigenvalue weighted by atomic mass is 35.5. The predicted molar refractivity (Wildman–Crippen MR) is 87.3 cm³/mol. The molecule has 0 saturated heterocycles. The van der Waals surface area contributed by atoms with Gasteiger partial charge in [0.1, 0.15) is 0 Å². The predicted octanol–water partition coefficient (Wildman–Crippen LogP) is 6.11. The molecule has 2 nitrogen and oxygen atoms in total. The van der Waals surface area contributed by atoms with E-state index in [4.69, 9.17) is 11.6 Å². The molecule has 0 saturated carbocycles. The molecule has 2 aromatic carbocycles. The summed E-state index contributed by atoms with van der Waals surface area (Å²) in [6.45, 7) is 0. The zero-order chi connectivity index (χ0) is 19.5. The van der Waals surface area contributed by atoms with Crippen LogP contribution in [0.1, 0.15) is 11.1 Å².